The van der Waals surface area contributed by atoms with Crippen LogP contribution in [0, 0.1) is 5.82 Å². The van der Waals surface area contributed by atoms with E-state index < -0.39 is 0 Å². The average molecular weight is 301 g/mol. The Morgan fingerprint density at radius 3 is 2.88 bits per heavy atom. The molecule has 1 aliphatic carbocycles. The van der Waals surface area contributed by atoms with Crippen molar-refractivity contribution in [3.8, 4) is 0 Å². The highest BCUT2D eigenvalue weighted by molar-refractivity contribution is 9.10. The van der Waals surface area contributed by atoms with E-state index in [1.165, 1.54) is 18.9 Å². The molecule has 1 N–H and O–H groups in total. The van der Waals surface area contributed by atoms with Gasteiger partial charge in [0.05, 0.1) is 4.47 Å². The number of likely N-dealkylation sites (N-methyl/N-ethyl adjacent to an activating group) is 1. The summed E-state index contributed by atoms with van der Waals surface area (Å²) in [6.07, 6.45) is 2.70. The summed E-state index contributed by atoms with van der Waals surface area (Å²) in [4.78, 5) is 2.40. The zero-order valence-electron chi connectivity index (χ0n) is 10.0. The van der Waals surface area contributed by atoms with Crippen LogP contribution in [0.1, 0.15) is 18.4 Å². The molecule has 17 heavy (non-hydrogen) atoms. The number of nitrogens with zero attached hydrogens (tertiary/aromatic N) is 1. The molecule has 1 aliphatic rings. The molecule has 0 unspecified atom stereocenters. The smallest absolute Gasteiger partial charge is 0.137 e. The van der Waals surface area contributed by atoms with E-state index >= 15 is 0 Å². The number of hydrogen-bond donors (Lipinski definition) is 1. The van der Waals surface area contributed by atoms with Gasteiger partial charge in [0.1, 0.15) is 5.82 Å². The zero-order chi connectivity index (χ0) is 12.3. The Labute approximate surface area is 110 Å². The summed E-state index contributed by atoms with van der Waals surface area (Å²) in [6.45, 7) is 2.84. The fraction of sp³-hybridized carbons (Fsp3) is 0.538. The normalized spacial score (nSPS) is 15.5. The molecule has 0 aromatic heterocycles. The molecule has 0 spiro atoms. The minimum Gasteiger partial charge on any atom is -0.311 e. The molecule has 0 atom stereocenters. The number of nitrogens with one attached hydrogen (secondary N) is 1. The van der Waals surface area contributed by atoms with Crippen LogP contribution in [0.15, 0.2) is 22.7 Å². The molecule has 1 fully saturated rings. The molecule has 2 rings (SSSR count). The Kier molecular flexibility index (Phi) is 4.54. The maximum absolute atomic E-state index is 13.0. The molecular formula is C13H18BrFN2. The predicted molar refractivity (Wildman–Crippen MR) is 71.5 cm³/mol. The van der Waals surface area contributed by atoms with Crippen LogP contribution in [0.2, 0.25) is 0 Å². The summed E-state index contributed by atoms with van der Waals surface area (Å²) in [5.41, 5.74) is 1.10. The lowest BCUT2D eigenvalue weighted by molar-refractivity contribution is 0.321. The van der Waals surface area contributed by atoms with Crippen molar-refractivity contribution < 1.29 is 4.39 Å². The van der Waals surface area contributed by atoms with Gasteiger partial charge in [-0.2, -0.15) is 0 Å². The van der Waals surface area contributed by atoms with E-state index in [0.29, 0.717) is 4.47 Å². The lowest BCUT2D eigenvalue weighted by Crippen LogP contribution is -2.30. The molecule has 94 valence electrons. The molecular weight excluding hydrogens is 283 g/mol. The van der Waals surface area contributed by atoms with Gasteiger partial charge in [-0.25, -0.2) is 4.39 Å². The largest absolute Gasteiger partial charge is 0.311 e. The summed E-state index contributed by atoms with van der Waals surface area (Å²) >= 11 is 3.19. The Bertz CT molecular complexity index is 380. The van der Waals surface area contributed by atoms with E-state index in [2.05, 4.69) is 33.2 Å². The van der Waals surface area contributed by atoms with Crippen LogP contribution >= 0.6 is 15.9 Å². The highest BCUT2D eigenvalue weighted by Gasteiger charge is 2.25. The van der Waals surface area contributed by atoms with Gasteiger partial charge >= 0.3 is 0 Å². The summed E-state index contributed by atoms with van der Waals surface area (Å²) in [5.74, 6) is -0.206. The van der Waals surface area contributed by atoms with Crippen molar-refractivity contribution in [3.63, 3.8) is 0 Å². The van der Waals surface area contributed by atoms with Gasteiger partial charge in [0, 0.05) is 25.7 Å². The van der Waals surface area contributed by atoms with Gasteiger partial charge in [0.2, 0.25) is 0 Å². The number of halogens is 2. The fourth-order valence-corrected chi connectivity index (χ4v) is 2.26. The Morgan fingerprint density at radius 2 is 2.24 bits per heavy atom. The first-order valence-electron chi connectivity index (χ1n) is 6.01. The SMILES string of the molecule is CN(CCNCc1ccc(F)c(Br)c1)C1CC1. The van der Waals surface area contributed by atoms with Crippen LogP contribution in [-0.4, -0.2) is 31.1 Å². The molecule has 1 aromatic carbocycles. The second-order valence-corrected chi connectivity index (χ2v) is 5.49. The molecule has 0 aliphatic heterocycles. The number of hydrogen-bond acceptors (Lipinski definition) is 2. The molecule has 0 radical (unpaired) electrons. The molecule has 0 bridgehead atoms. The van der Waals surface area contributed by atoms with E-state index in [1.807, 2.05) is 12.1 Å². The standard InChI is InChI=1S/C13H18BrFN2/c1-17(11-3-4-11)7-6-16-9-10-2-5-13(15)12(14)8-10/h2,5,8,11,16H,3-4,6-7,9H2,1H3. The molecule has 0 saturated heterocycles. The van der Waals surface area contributed by atoms with Gasteiger partial charge < -0.3 is 10.2 Å². The summed E-state index contributed by atoms with van der Waals surface area (Å²) in [7, 11) is 2.17. The van der Waals surface area contributed by atoms with Gasteiger partial charge in [0.15, 0.2) is 0 Å². The average Bonchev–Trinajstić information content (AvgIpc) is 3.13. The Hall–Kier alpha value is -0.450. The van der Waals surface area contributed by atoms with Crippen molar-refractivity contribution in [1.82, 2.24) is 10.2 Å². The van der Waals surface area contributed by atoms with Crippen molar-refractivity contribution in [2.24, 2.45) is 0 Å². The number of benzene rings is 1. The highest BCUT2D eigenvalue weighted by atomic mass is 79.9. The van der Waals surface area contributed by atoms with E-state index in [4.69, 9.17) is 0 Å². The predicted octanol–water partition coefficient (Wildman–Crippen LogP) is 2.77. The monoisotopic (exact) mass is 300 g/mol. The summed E-state index contributed by atoms with van der Waals surface area (Å²) in [6, 6.07) is 5.96. The van der Waals surface area contributed by atoms with Crippen LogP contribution in [0.5, 0.6) is 0 Å². The molecule has 2 nitrogen and oxygen atoms in total. The van der Waals surface area contributed by atoms with E-state index in [0.717, 1.165) is 31.2 Å². The molecule has 1 aromatic rings. The van der Waals surface area contributed by atoms with Crippen molar-refractivity contribution in [2.75, 3.05) is 20.1 Å². The second-order valence-electron chi connectivity index (χ2n) is 4.64. The van der Waals surface area contributed by atoms with Crippen molar-refractivity contribution >= 4 is 15.9 Å². The first-order valence-corrected chi connectivity index (χ1v) is 6.81. The minimum atomic E-state index is -0.206. The van der Waals surface area contributed by atoms with Crippen molar-refractivity contribution in [1.29, 1.82) is 0 Å². The van der Waals surface area contributed by atoms with Gasteiger partial charge in [-0.3, -0.25) is 0 Å². The van der Waals surface area contributed by atoms with E-state index in [9.17, 15) is 4.39 Å². The van der Waals surface area contributed by atoms with Gasteiger partial charge in [-0.15, -0.1) is 0 Å². The molecule has 0 amide bonds. The lowest BCUT2D eigenvalue weighted by atomic mass is 10.2. The second kappa shape index (κ2) is 5.94. The Morgan fingerprint density at radius 1 is 1.47 bits per heavy atom. The third kappa shape index (κ3) is 4.05. The quantitative estimate of drug-likeness (QED) is 0.813. The highest BCUT2D eigenvalue weighted by Crippen LogP contribution is 2.24. The summed E-state index contributed by atoms with van der Waals surface area (Å²) < 4.78 is 13.5. The topological polar surface area (TPSA) is 15.3 Å². The maximum Gasteiger partial charge on any atom is 0.137 e. The van der Waals surface area contributed by atoms with Crippen molar-refractivity contribution in [2.45, 2.75) is 25.4 Å². The first-order chi connectivity index (χ1) is 8.16. The van der Waals surface area contributed by atoms with Gasteiger partial charge in [0.25, 0.3) is 0 Å². The third-order valence-corrected chi connectivity index (χ3v) is 3.73. The minimum absolute atomic E-state index is 0.206. The third-order valence-electron chi connectivity index (χ3n) is 3.12. The summed E-state index contributed by atoms with van der Waals surface area (Å²) in [5, 5.41) is 3.38. The lowest BCUT2D eigenvalue weighted by Gasteiger charge is -2.15. The van der Waals surface area contributed by atoms with Crippen LogP contribution in [0.25, 0.3) is 0 Å². The van der Waals surface area contributed by atoms with Crippen LogP contribution < -0.4 is 5.32 Å². The fourth-order valence-electron chi connectivity index (χ4n) is 1.84. The van der Waals surface area contributed by atoms with Crippen LogP contribution in [-0.2, 0) is 6.54 Å². The van der Waals surface area contributed by atoms with E-state index in [-0.39, 0.29) is 5.82 Å². The molecule has 0 heterocycles. The van der Waals surface area contributed by atoms with Crippen LogP contribution in [0.4, 0.5) is 4.39 Å². The van der Waals surface area contributed by atoms with Gasteiger partial charge in [-0.1, -0.05) is 6.07 Å². The molecule has 1 saturated carbocycles. The molecule has 4 heteroatoms. The van der Waals surface area contributed by atoms with Crippen molar-refractivity contribution in [3.05, 3.63) is 34.1 Å². The zero-order valence-corrected chi connectivity index (χ0v) is 11.6. The maximum atomic E-state index is 13.0. The first kappa shape index (κ1) is 13.0. The Balaban J connectivity index is 1.68. The number of rotatable bonds is 6. The van der Waals surface area contributed by atoms with Gasteiger partial charge in [-0.05, 0) is 53.5 Å². The van der Waals surface area contributed by atoms with E-state index in [1.54, 1.807) is 0 Å². The van der Waals surface area contributed by atoms with Crippen LogP contribution in [0.3, 0.4) is 0 Å².